The monoisotopic (exact) mass is 198 g/mol. The molecule has 0 amide bonds. The molecule has 0 unspecified atom stereocenters. The molecule has 5 heteroatoms. The van der Waals surface area contributed by atoms with Gasteiger partial charge in [0.2, 0.25) is 5.78 Å². The van der Waals surface area contributed by atoms with Crippen molar-refractivity contribution in [3.63, 3.8) is 0 Å². The minimum absolute atomic E-state index is 0.167. The molecule has 0 aliphatic heterocycles. The number of carbonyl (C=O) groups excluding carboxylic acids is 2. The highest BCUT2D eigenvalue weighted by atomic mass is 19.4. The van der Waals surface area contributed by atoms with E-state index < -0.39 is 18.4 Å². The van der Waals surface area contributed by atoms with Gasteiger partial charge in [-0.15, -0.1) is 0 Å². The van der Waals surface area contributed by atoms with Gasteiger partial charge < -0.3 is 4.79 Å². The Kier molecular flexibility index (Phi) is 7.46. The van der Waals surface area contributed by atoms with Gasteiger partial charge in [0.25, 0.3) is 0 Å². The second-order valence-electron chi connectivity index (χ2n) is 2.58. The number of carbonyl (C=O) groups is 2. The van der Waals surface area contributed by atoms with Crippen LogP contribution in [0.1, 0.15) is 33.6 Å². The highest BCUT2D eigenvalue weighted by molar-refractivity contribution is 5.83. The highest BCUT2D eigenvalue weighted by Gasteiger charge is 2.36. The number of alkyl halides is 3. The van der Waals surface area contributed by atoms with Gasteiger partial charge in [-0.3, -0.25) is 4.79 Å². The van der Waals surface area contributed by atoms with Crippen molar-refractivity contribution in [2.45, 2.75) is 39.8 Å². The zero-order chi connectivity index (χ0) is 11.1. The van der Waals surface area contributed by atoms with Gasteiger partial charge in [0.1, 0.15) is 5.78 Å². The van der Waals surface area contributed by atoms with E-state index in [0.717, 1.165) is 0 Å². The molecule has 0 spiro atoms. The number of hydrogen-bond donors (Lipinski definition) is 0. The highest BCUT2D eigenvalue weighted by Crippen LogP contribution is 2.18. The van der Waals surface area contributed by atoms with Crippen LogP contribution >= 0.6 is 0 Å². The maximum absolute atomic E-state index is 11.3. The summed E-state index contributed by atoms with van der Waals surface area (Å²) in [4.78, 5) is 19.4. The van der Waals surface area contributed by atoms with Crippen LogP contribution in [0.2, 0.25) is 0 Å². The molecular formula is C8H13F3O2. The first-order chi connectivity index (χ1) is 5.71. The van der Waals surface area contributed by atoms with Crippen molar-refractivity contribution in [1.29, 1.82) is 0 Å². The van der Waals surface area contributed by atoms with Gasteiger partial charge >= 0.3 is 6.18 Å². The molecule has 2 nitrogen and oxygen atoms in total. The molecule has 0 N–H and O–H groups in total. The summed E-state index contributed by atoms with van der Waals surface area (Å²) >= 11 is 0. The lowest BCUT2D eigenvalue weighted by molar-refractivity contribution is -0.171. The van der Waals surface area contributed by atoms with E-state index in [-0.39, 0.29) is 12.2 Å². The molecule has 0 saturated carbocycles. The first kappa shape index (κ1) is 14.6. The molecule has 0 saturated heterocycles. The summed E-state index contributed by atoms with van der Waals surface area (Å²) in [6.07, 6.45) is -4.78. The number of Topliss-reactive ketones (excluding diaryl/α,β-unsaturated/α-hetero) is 2. The Labute approximate surface area is 75.1 Å². The Morgan fingerprint density at radius 1 is 1.15 bits per heavy atom. The number of hydrogen-bond acceptors (Lipinski definition) is 2. The van der Waals surface area contributed by atoms with Crippen molar-refractivity contribution in [1.82, 2.24) is 0 Å². The normalized spacial score (nSPS) is 10.0. The lowest BCUT2D eigenvalue weighted by atomic mass is 10.2. The Morgan fingerprint density at radius 2 is 1.46 bits per heavy atom. The average Bonchev–Trinajstić information content (AvgIpc) is 1.84. The molecule has 13 heavy (non-hydrogen) atoms. The topological polar surface area (TPSA) is 34.1 Å². The van der Waals surface area contributed by atoms with E-state index in [9.17, 15) is 22.8 Å². The third kappa shape index (κ3) is 14.0. The van der Waals surface area contributed by atoms with E-state index in [4.69, 9.17) is 0 Å². The minimum Gasteiger partial charge on any atom is -0.300 e. The molecule has 78 valence electrons. The van der Waals surface area contributed by atoms with Gasteiger partial charge in [-0.25, -0.2) is 0 Å². The van der Waals surface area contributed by atoms with Crippen LogP contribution in [0.15, 0.2) is 0 Å². The van der Waals surface area contributed by atoms with Crippen molar-refractivity contribution in [2.24, 2.45) is 0 Å². The van der Waals surface area contributed by atoms with Crippen molar-refractivity contribution < 1.29 is 22.8 Å². The van der Waals surface area contributed by atoms with Gasteiger partial charge in [-0.2, -0.15) is 13.2 Å². The average molecular weight is 198 g/mol. The fourth-order valence-corrected chi connectivity index (χ4v) is 0.369. The minimum atomic E-state index is -4.63. The largest absolute Gasteiger partial charge is 0.449 e. The third-order valence-corrected chi connectivity index (χ3v) is 0.793. The SMILES string of the molecule is CC(C)=O.CCCC(=O)C(F)(F)F. The Hall–Kier alpha value is -0.870. The van der Waals surface area contributed by atoms with E-state index in [1.165, 1.54) is 20.8 Å². The van der Waals surface area contributed by atoms with Crippen LogP contribution in [0.5, 0.6) is 0 Å². The summed E-state index contributed by atoms with van der Waals surface area (Å²) in [5.74, 6) is -1.47. The molecule has 0 aliphatic rings. The van der Waals surface area contributed by atoms with Crippen molar-refractivity contribution in [3.8, 4) is 0 Å². The quantitative estimate of drug-likeness (QED) is 0.683. The maximum atomic E-state index is 11.3. The van der Waals surface area contributed by atoms with E-state index in [2.05, 4.69) is 0 Å². The lowest BCUT2D eigenvalue weighted by Crippen LogP contribution is -2.21. The smallest absolute Gasteiger partial charge is 0.300 e. The molecule has 0 atom stereocenters. The van der Waals surface area contributed by atoms with Crippen LogP contribution in [0.3, 0.4) is 0 Å². The zero-order valence-electron chi connectivity index (χ0n) is 7.86. The Bertz CT molecular complexity index is 169. The van der Waals surface area contributed by atoms with Gasteiger partial charge in [0.15, 0.2) is 0 Å². The lowest BCUT2D eigenvalue weighted by Gasteiger charge is -2.01. The van der Waals surface area contributed by atoms with Crippen molar-refractivity contribution >= 4 is 11.6 Å². The molecule has 0 aliphatic carbocycles. The summed E-state index contributed by atoms with van der Waals surface area (Å²) in [5, 5.41) is 0. The third-order valence-electron chi connectivity index (χ3n) is 0.793. The van der Waals surface area contributed by atoms with Crippen LogP contribution in [-0.2, 0) is 9.59 Å². The fourth-order valence-electron chi connectivity index (χ4n) is 0.369. The Morgan fingerprint density at radius 3 is 1.54 bits per heavy atom. The van der Waals surface area contributed by atoms with E-state index >= 15 is 0 Å². The molecule has 0 heterocycles. The van der Waals surface area contributed by atoms with Gasteiger partial charge in [0, 0.05) is 6.42 Å². The van der Waals surface area contributed by atoms with Crippen molar-refractivity contribution in [3.05, 3.63) is 0 Å². The van der Waals surface area contributed by atoms with E-state index in [0.29, 0.717) is 0 Å². The molecule has 0 aromatic carbocycles. The first-order valence-corrected chi connectivity index (χ1v) is 3.79. The molecule has 0 aromatic rings. The van der Waals surface area contributed by atoms with Crippen molar-refractivity contribution in [2.75, 3.05) is 0 Å². The first-order valence-electron chi connectivity index (χ1n) is 3.79. The predicted octanol–water partition coefficient (Wildman–Crippen LogP) is 2.51. The zero-order valence-corrected chi connectivity index (χ0v) is 7.86. The second kappa shape index (κ2) is 6.62. The summed E-state index contributed by atoms with van der Waals surface area (Å²) in [5.41, 5.74) is 0. The maximum Gasteiger partial charge on any atom is 0.449 e. The molecule has 0 rings (SSSR count). The summed E-state index contributed by atoms with van der Waals surface area (Å²) < 4.78 is 33.9. The van der Waals surface area contributed by atoms with Crippen LogP contribution in [0.25, 0.3) is 0 Å². The van der Waals surface area contributed by atoms with Crippen LogP contribution in [0, 0.1) is 0 Å². The fraction of sp³-hybridized carbons (Fsp3) is 0.750. The summed E-state index contributed by atoms with van der Waals surface area (Å²) in [7, 11) is 0. The van der Waals surface area contributed by atoms with E-state index in [1.54, 1.807) is 0 Å². The molecular weight excluding hydrogens is 185 g/mol. The van der Waals surface area contributed by atoms with E-state index in [1.807, 2.05) is 0 Å². The number of ketones is 2. The van der Waals surface area contributed by atoms with Crippen LogP contribution in [0.4, 0.5) is 13.2 Å². The second-order valence-corrected chi connectivity index (χ2v) is 2.58. The van der Waals surface area contributed by atoms with Crippen LogP contribution in [-0.4, -0.2) is 17.7 Å². The Balaban J connectivity index is 0. The summed E-state index contributed by atoms with van der Waals surface area (Å²) in [6.45, 7) is 4.59. The molecule has 0 radical (unpaired) electrons. The molecule has 0 bridgehead atoms. The number of rotatable bonds is 2. The van der Waals surface area contributed by atoms with Gasteiger partial charge in [-0.1, -0.05) is 6.92 Å². The predicted molar refractivity (Wildman–Crippen MR) is 42.3 cm³/mol. The summed E-state index contributed by atoms with van der Waals surface area (Å²) in [6, 6.07) is 0. The molecule has 0 aromatic heterocycles. The van der Waals surface area contributed by atoms with Gasteiger partial charge in [0.05, 0.1) is 0 Å². The standard InChI is InChI=1S/C5H7F3O.C3H6O/c1-2-3-4(9)5(6,7)8;1-3(2)4/h2-3H2,1H3;1-2H3. The molecule has 0 fully saturated rings. The van der Waals surface area contributed by atoms with Gasteiger partial charge in [-0.05, 0) is 20.3 Å². The number of halogens is 3. The van der Waals surface area contributed by atoms with Crippen LogP contribution < -0.4 is 0 Å².